The first kappa shape index (κ1) is 14.3. The van der Waals surface area contributed by atoms with Gasteiger partial charge in [-0.1, -0.05) is 0 Å². The Labute approximate surface area is 114 Å². The minimum atomic E-state index is 0.703. The molecule has 1 saturated heterocycles. The minimum Gasteiger partial charge on any atom is -0.385 e. The van der Waals surface area contributed by atoms with Gasteiger partial charge in [0.05, 0.1) is 0 Å². The number of methoxy groups -OCH3 is 1. The summed E-state index contributed by atoms with van der Waals surface area (Å²) in [4.78, 5) is 6.88. The highest BCUT2D eigenvalue weighted by molar-refractivity contribution is 5.29. The lowest BCUT2D eigenvalue weighted by Crippen LogP contribution is -2.39. The molecule has 1 aromatic rings. The van der Waals surface area contributed by atoms with Crippen molar-refractivity contribution < 1.29 is 4.74 Å². The van der Waals surface area contributed by atoms with Gasteiger partial charge in [-0.2, -0.15) is 4.98 Å². The number of nitrogens with one attached hydrogen (secondary N) is 2. The third-order valence-electron chi connectivity index (χ3n) is 3.58. The largest absolute Gasteiger partial charge is 0.385 e. The summed E-state index contributed by atoms with van der Waals surface area (Å²) in [5.74, 6) is 2.52. The van der Waals surface area contributed by atoms with E-state index in [9.17, 15) is 0 Å². The van der Waals surface area contributed by atoms with Gasteiger partial charge < -0.3 is 15.0 Å². The van der Waals surface area contributed by atoms with Gasteiger partial charge in [-0.05, 0) is 38.8 Å². The molecule has 0 spiro atoms. The first-order chi connectivity index (χ1) is 9.33. The molecule has 2 heterocycles. The number of aromatic nitrogens is 3. The van der Waals surface area contributed by atoms with E-state index in [0.29, 0.717) is 5.92 Å². The highest BCUT2D eigenvalue weighted by atomic mass is 16.5. The molecule has 1 fully saturated rings. The van der Waals surface area contributed by atoms with Crippen LogP contribution in [0.15, 0.2) is 0 Å². The van der Waals surface area contributed by atoms with E-state index in [1.165, 1.54) is 12.8 Å². The number of piperidine rings is 1. The van der Waals surface area contributed by atoms with Crippen molar-refractivity contribution in [3.05, 3.63) is 5.82 Å². The number of ether oxygens (including phenoxy) is 1. The number of H-pyrrole nitrogens is 1. The molecule has 6 heteroatoms. The van der Waals surface area contributed by atoms with Crippen molar-refractivity contribution in [2.45, 2.75) is 25.7 Å². The molecule has 0 aromatic carbocycles. The van der Waals surface area contributed by atoms with Gasteiger partial charge in [0.25, 0.3) is 0 Å². The summed E-state index contributed by atoms with van der Waals surface area (Å²) in [6.45, 7) is 3.96. The molecule has 19 heavy (non-hydrogen) atoms. The molecule has 108 valence electrons. The molecule has 2 rings (SSSR count). The van der Waals surface area contributed by atoms with E-state index in [2.05, 4.69) is 25.4 Å². The summed E-state index contributed by atoms with van der Waals surface area (Å²) < 4.78 is 5.05. The Balaban J connectivity index is 1.86. The first-order valence-corrected chi connectivity index (χ1v) is 7.13. The van der Waals surface area contributed by atoms with Crippen LogP contribution in [-0.4, -0.2) is 55.6 Å². The van der Waals surface area contributed by atoms with Crippen LogP contribution in [0.1, 0.15) is 25.1 Å². The van der Waals surface area contributed by atoms with Crippen molar-refractivity contribution in [2.24, 2.45) is 5.92 Å². The second-order valence-corrected chi connectivity index (χ2v) is 5.19. The molecule has 0 bridgehead atoms. The monoisotopic (exact) mass is 267 g/mol. The van der Waals surface area contributed by atoms with Gasteiger partial charge in [-0.3, -0.25) is 5.10 Å². The Morgan fingerprint density at radius 2 is 2.42 bits per heavy atom. The molecule has 0 saturated carbocycles. The van der Waals surface area contributed by atoms with Crippen molar-refractivity contribution in [3.63, 3.8) is 0 Å². The second-order valence-electron chi connectivity index (χ2n) is 5.19. The van der Waals surface area contributed by atoms with Crippen LogP contribution in [0, 0.1) is 5.92 Å². The lowest BCUT2D eigenvalue weighted by molar-refractivity contribution is 0.194. The average molecular weight is 267 g/mol. The fraction of sp³-hybridized carbons (Fsp3) is 0.846. The van der Waals surface area contributed by atoms with Crippen LogP contribution in [0.4, 0.5) is 5.95 Å². The van der Waals surface area contributed by atoms with Crippen molar-refractivity contribution in [3.8, 4) is 0 Å². The zero-order valence-corrected chi connectivity index (χ0v) is 12.0. The van der Waals surface area contributed by atoms with Crippen LogP contribution < -0.4 is 10.2 Å². The summed E-state index contributed by atoms with van der Waals surface area (Å²) >= 11 is 0. The maximum atomic E-state index is 5.05. The summed E-state index contributed by atoms with van der Waals surface area (Å²) in [6.07, 6.45) is 4.39. The van der Waals surface area contributed by atoms with Crippen LogP contribution >= 0.6 is 0 Å². The van der Waals surface area contributed by atoms with Gasteiger partial charge in [-0.15, -0.1) is 5.10 Å². The van der Waals surface area contributed by atoms with E-state index >= 15 is 0 Å². The highest BCUT2D eigenvalue weighted by Crippen LogP contribution is 2.19. The van der Waals surface area contributed by atoms with Crippen LogP contribution in [0.25, 0.3) is 0 Å². The number of aromatic amines is 1. The topological polar surface area (TPSA) is 66.1 Å². The molecule has 1 aliphatic heterocycles. The molecule has 0 radical (unpaired) electrons. The predicted octanol–water partition coefficient (Wildman–Crippen LogP) is 0.819. The van der Waals surface area contributed by atoms with E-state index in [-0.39, 0.29) is 0 Å². The van der Waals surface area contributed by atoms with Crippen LogP contribution in [0.2, 0.25) is 0 Å². The fourth-order valence-corrected chi connectivity index (χ4v) is 2.62. The Kier molecular flexibility index (Phi) is 5.60. The molecule has 1 atom stereocenters. The number of anilines is 1. The van der Waals surface area contributed by atoms with Gasteiger partial charge >= 0.3 is 0 Å². The first-order valence-electron chi connectivity index (χ1n) is 7.13. The molecule has 1 unspecified atom stereocenters. The summed E-state index contributed by atoms with van der Waals surface area (Å²) in [5.41, 5.74) is 0. The minimum absolute atomic E-state index is 0.703. The molecule has 6 nitrogen and oxygen atoms in total. The third-order valence-corrected chi connectivity index (χ3v) is 3.58. The Morgan fingerprint density at radius 3 is 3.21 bits per heavy atom. The zero-order chi connectivity index (χ0) is 13.5. The van der Waals surface area contributed by atoms with E-state index < -0.39 is 0 Å². The fourth-order valence-electron chi connectivity index (χ4n) is 2.62. The van der Waals surface area contributed by atoms with E-state index in [1.54, 1.807) is 7.11 Å². The van der Waals surface area contributed by atoms with Gasteiger partial charge in [0.15, 0.2) is 0 Å². The Bertz CT molecular complexity index is 366. The Hall–Kier alpha value is -1.14. The lowest BCUT2D eigenvalue weighted by atomic mass is 9.98. The standard InChI is InChI=1S/C13H25N5O/c1-14-9-11-5-3-7-18(10-11)13-15-12(16-17-13)6-4-8-19-2/h11,14H,3-10H2,1-2H3,(H,15,16,17). The molecule has 0 amide bonds. The van der Waals surface area contributed by atoms with Crippen LogP contribution in [0.3, 0.4) is 0 Å². The second kappa shape index (κ2) is 7.45. The van der Waals surface area contributed by atoms with E-state index in [4.69, 9.17) is 4.74 Å². The quantitative estimate of drug-likeness (QED) is 0.716. The third kappa shape index (κ3) is 4.18. The number of rotatable bonds is 7. The van der Waals surface area contributed by atoms with Crippen LogP contribution in [-0.2, 0) is 11.2 Å². The van der Waals surface area contributed by atoms with E-state index in [0.717, 1.165) is 50.9 Å². The highest BCUT2D eigenvalue weighted by Gasteiger charge is 2.22. The summed E-state index contributed by atoms with van der Waals surface area (Å²) in [6, 6.07) is 0. The normalized spacial score (nSPS) is 19.9. The summed E-state index contributed by atoms with van der Waals surface area (Å²) in [7, 11) is 3.74. The molecular formula is C13H25N5O. The maximum absolute atomic E-state index is 5.05. The number of nitrogens with zero attached hydrogens (tertiary/aromatic N) is 3. The van der Waals surface area contributed by atoms with Crippen molar-refractivity contribution >= 4 is 5.95 Å². The molecular weight excluding hydrogens is 242 g/mol. The predicted molar refractivity (Wildman–Crippen MR) is 75.4 cm³/mol. The molecule has 1 aromatic heterocycles. The van der Waals surface area contributed by atoms with Gasteiger partial charge in [-0.25, -0.2) is 0 Å². The van der Waals surface area contributed by atoms with Gasteiger partial charge in [0.2, 0.25) is 5.95 Å². The average Bonchev–Trinajstić information content (AvgIpc) is 2.89. The Morgan fingerprint density at radius 1 is 1.53 bits per heavy atom. The van der Waals surface area contributed by atoms with Gasteiger partial charge in [0, 0.05) is 33.2 Å². The number of hydrogen-bond acceptors (Lipinski definition) is 5. The lowest BCUT2D eigenvalue weighted by Gasteiger charge is -2.31. The van der Waals surface area contributed by atoms with Gasteiger partial charge in [0.1, 0.15) is 5.82 Å². The SMILES string of the molecule is CNCC1CCCN(c2n[nH]c(CCCOC)n2)C1. The smallest absolute Gasteiger partial charge is 0.244 e. The van der Waals surface area contributed by atoms with E-state index in [1.807, 2.05) is 7.05 Å². The van der Waals surface area contributed by atoms with Crippen molar-refractivity contribution in [1.82, 2.24) is 20.5 Å². The number of aryl methyl sites for hydroxylation is 1. The zero-order valence-electron chi connectivity index (χ0n) is 12.0. The number of hydrogen-bond donors (Lipinski definition) is 2. The molecule has 2 N–H and O–H groups in total. The maximum Gasteiger partial charge on any atom is 0.244 e. The van der Waals surface area contributed by atoms with Crippen molar-refractivity contribution in [1.29, 1.82) is 0 Å². The molecule has 1 aliphatic rings. The molecule has 0 aliphatic carbocycles. The van der Waals surface area contributed by atoms with Crippen molar-refractivity contribution in [2.75, 3.05) is 45.3 Å². The summed E-state index contributed by atoms with van der Waals surface area (Å²) in [5, 5.41) is 10.6. The van der Waals surface area contributed by atoms with Crippen LogP contribution in [0.5, 0.6) is 0 Å².